The monoisotopic (exact) mass is 251 g/mol. The fourth-order valence-electron chi connectivity index (χ4n) is 1.91. The van der Waals surface area contributed by atoms with Gasteiger partial charge >= 0.3 is 0 Å². The molecule has 3 rings (SSSR count). The number of nitrogens with two attached hydrogens (primary N) is 1. The highest BCUT2D eigenvalue weighted by molar-refractivity contribution is 5.63. The Bertz CT molecular complexity index is 659. The van der Waals surface area contributed by atoms with Crippen LogP contribution in [0.2, 0.25) is 0 Å². The van der Waals surface area contributed by atoms with E-state index in [9.17, 15) is 0 Å². The van der Waals surface area contributed by atoms with Crippen LogP contribution in [0.5, 0.6) is 0 Å². The van der Waals surface area contributed by atoms with Crippen LogP contribution in [0.4, 0.5) is 5.69 Å². The van der Waals surface area contributed by atoms with Gasteiger partial charge in [-0.1, -0.05) is 35.0 Å². The molecule has 0 amide bonds. The topological polar surface area (TPSA) is 64.9 Å². The van der Waals surface area contributed by atoms with E-state index in [1.165, 1.54) is 0 Å². The number of nitrogen functional groups attached to an aromatic ring is 1. The first-order valence-corrected chi connectivity index (χ1v) is 5.99. The molecule has 0 saturated carbocycles. The van der Waals surface area contributed by atoms with Gasteiger partial charge in [0.05, 0.1) is 0 Å². The lowest BCUT2D eigenvalue weighted by atomic mass is 10.1. The smallest absolute Gasteiger partial charge is 0.258 e. The van der Waals surface area contributed by atoms with Crippen molar-refractivity contribution in [2.75, 3.05) is 5.73 Å². The van der Waals surface area contributed by atoms with Gasteiger partial charge in [-0.25, -0.2) is 0 Å². The van der Waals surface area contributed by atoms with Crippen molar-refractivity contribution in [2.24, 2.45) is 0 Å². The van der Waals surface area contributed by atoms with E-state index in [1.54, 1.807) is 0 Å². The molecule has 2 N–H and O–H groups in total. The van der Waals surface area contributed by atoms with Crippen molar-refractivity contribution in [1.82, 2.24) is 10.1 Å². The van der Waals surface area contributed by atoms with Crippen LogP contribution in [-0.4, -0.2) is 10.1 Å². The maximum atomic E-state index is 5.74. The Hall–Kier alpha value is -2.62. The Kier molecular flexibility index (Phi) is 2.76. The molecule has 1 heterocycles. The highest BCUT2D eigenvalue weighted by atomic mass is 16.5. The fraction of sp³-hybridized carbons (Fsp3) is 0.0667. The van der Waals surface area contributed by atoms with Gasteiger partial charge in [-0.3, -0.25) is 0 Å². The molecule has 0 fully saturated rings. The Morgan fingerprint density at radius 1 is 1.00 bits per heavy atom. The van der Waals surface area contributed by atoms with Gasteiger partial charge in [-0.2, -0.15) is 4.98 Å². The highest BCUT2D eigenvalue weighted by Gasteiger charge is 2.10. The zero-order chi connectivity index (χ0) is 13.2. The number of nitrogens with zero attached hydrogens (tertiary/aromatic N) is 2. The molecule has 3 aromatic rings. The third-order valence-corrected chi connectivity index (χ3v) is 2.84. The van der Waals surface area contributed by atoms with Crippen molar-refractivity contribution in [3.05, 3.63) is 54.1 Å². The standard InChI is InChI=1S/C15H13N3O/c1-10-4-2-5-11(8-10)14-17-15(19-18-14)12-6-3-7-13(16)9-12/h2-9H,16H2,1H3. The fourth-order valence-corrected chi connectivity index (χ4v) is 1.91. The van der Waals surface area contributed by atoms with Crippen LogP contribution < -0.4 is 5.73 Å². The second-order valence-corrected chi connectivity index (χ2v) is 4.42. The first-order chi connectivity index (χ1) is 9.22. The van der Waals surface area contributed by atoms with Crippen molar-refractivity contribution in [1.29, 1.82) is 0 Å². The van der Waals surface area contributed by atoms with E-state index in [0.717, 1.165) is 16.7 Å². The van der Waals surface area contributed by atoms with E-state index in [0.29, 0.717) is 17.4 Å². The number of anilines is 1. The lowest BCUT2D eigenvalue weighted by Crippen LogP contribution is -1.85. The Balaban J connectivity index is 2.00. The normalized spacial score (nSPS) is 10.6. The minimum absolute atomic E-state index is 0.476. The molecule has 1 aromatic heterocycles. The molecule has 4 heteroatoms. The highest BCUT2D eigenvalue weighted by Crippen LogP contribution is 2.23. The summed E-state index contributed by atoms with van der Waals surface area (Å²) in [6, 6.07) is 15.4. The molecule has 0 aliphatic heterocycles. The summed E-state index contributed by atoms with van der Waals surface area (Å²) in [4.78, 5) is 4.40. The summed E-state index contributed by atoms with van der Waals surface area (Å²) < 4.78 is 5.28. The molecule has 0 spiro atoms. The molecule has 4 nitrogen and oxygen atoms in total. The molecule has 0 aliphatic carbocycles. The van der Waals surface area contributed by atoms with Gasteiger partial charge in [0.2, 0.25) is 5.82 Å². The van der Waals surface area contributed by atoms with E-state index >= 15 is 0 Å². The largest absolute Gasteiger partial charge is 0.399 e. The van der Waals surface area contributed by atoms with Crippen molar-refractivity contribution < 1.29 is 4.52 Å². The third-order valence-electron chi connectivity index (χ3n) is 2.84. The zero-order valence-electron chi connectivity index (χ0n) is 10.5. The van der Waals surface area contributed by atoms with Crippen LogP contribution in [0.3, 0.4) is 0 Å². The molecule has 2 aromatic carbocycles. The van der Waals surface area contributed by atoms with Crippen molar-refractivity contribution >= 4 is 5.69 Å². The van der Waals surface area contributed by atoms with Gasteiger partial charge in [0.1, 0.15) is 0 Å². The molecular weight excluding hydrogens is 238 g/mol. The minimum atomic E-state index is 0.476. The van der Waals surface area contributed by atoms with E-state index in [1.807, 2.05) is 55.5 Å². The average Bonchev–Trinajstić information content (AvgIpc) is 2.88. The van der Waals surface area contributed by atoms with Crippen LogP contribution in [0.1, 0.15) is 5.56 Å². The summed E-state index contributed by atoms with van der Waals surface area (Å²) in [7, 11) is 0. The van der Waals surface area contributed by atoms with E-state index in [2.05, 4.69) is 10.1 Å². The van der Waals surface area contributed by atoms with Gasteiger partial charge in [-0.15, -0.1) is 0 Å². The lowest BCUT2D eigenvalue weighted by molar-refractivity contribution is 0.432. The zero-order valence-corrected chi connectivity index (χ0v) is 10.5. The van der Waals surface area contributed by atoms with Crippen LogP contribution in [-0.2, 0) is 0 Å². The first-order valence-electron chi connectivity index (χ1n) is 5.99. The minimum Gasteiger partial charge on any atom is -0.399 e. The lowest BCUT2D eigenvalue weighted by Gasteiger charge is -1.96. The molecule has 0 bridgehead atoms. The number of aryl methyl sites for hydroxylation is 1. The number of benzene rings is 2. The van der Waals surface area contributed by atoms with Gasteiger partial charge in [-0.05, 0) is 31.2 Å². The Labute approximate surface area is 110 Å². The van der Waals surface area contributed by atoms with E-state index < -0.39 is 0 Å². The number of aromatic nitrogens is 2. The maximum absolute atomic E-state index is 5.74. The van der Waals surface area contributed by atoms with Gasteiger partial charge in [0.25, 0.3) is 5.89 Å². The number of rotatable bonds is 2. The average molecular weight is 251 g/mol. The maximum Gasteiger partial charge on any atom is 0.258 e. The molecule has 0 unspecified atom stereocenters. The Morgan fingerprint density at radius 3 is 2.58 bits per heavy atom. The SMILES string of the molecule is Cc1cccc(-c2noc(-c3cccc(N)c3)n2)c1. The number of hydrogen-bond acceptors (Lipinski definition) is 4. The second kappa shape index (κ2) is 4.57. The summed E-state index contributed by atoms with van der Waals surface area (Å²) in [6.45, 7) is 2.03. The molecule has 0 aliphatic rings. The molecule has 0 atom stereocenters. The van der Waals surface area contributed by atoms with Gasteiger partial charge in [0, 0.05) is 16.8 Å². The van der Waals surface area contributed by atoms with Gasteiger partial charge < -0.3 is 10.3 Å². The first kappa shape index (κ1) is 11.5. The quantitative estimate of drug-likeness (QED) is 0.710. The Morgan fingerprint density at radius 2 is 1.79 bits per heavy atom. The molecular formula is C15H13N3O. The predicted octanol–water partition coefficient (Wildman–Crippen LogP) is 3.29. The summed E-state index contributed by atoms with van der Waals surface area (Å²) in [5.41, 5.74) is 9.35. The molecule has 19 heavy (non-hydrogen) atoms. The number of hydrogen-bond donors (Lipinski definition) is 1. The van der Waals surface area contributed by atoms with Crippen molar-refractivity contribution in [3.63, 3.8) is 0 Å². The summed E-state index contributed by atoms with van der Waals surface area (Å²) >= 11 is 0. The van der Waals surface area contributed by atoms with E-state index in [4.69, 9.17) is 10.3 Å². The van der Waals surface area contributed by atoms with Crippen LogP contribution in [0, 0.1) is 6.92 Å². The summed E-state index contributed by atoms with van der Waals surface area (Å²) in [5, 5.41) is 4.01. The predicted molar refractivity (Wildman–Crippen MR) is 74.3 cm³/mol. The summed E-state index contributed by atoms with van der Waals surface area (Å²) in [5.74, 6) is 1.06. The second-order valence-electron chi connectivity index (χ2n) is 4.42. The molecule has 0 saturated heterocycles. The summed E-state index contributed by atoms with van der Waals surface area (Å²) in [6.07, 6.45) is 0. The third kappa shape index (κ3) is 2.33. The van der Waals surface area contributed by atoms with Gasteiger partial charge in [0.15, 0.2) is 0 Å². The van der Waals surface area contributed by atoms with Crippen LogP contribution in [0.15, 0.2) is 53.1 Å². The van der Waals surface area contributed by atoms with Crippen molar-refractivity contribution in [3.8, 4) is 22.8 Å². The van der Waals surface area contributed by atoms with Crippen molar-refractivity contribution in [2.45, 2.75) is 6.92 Å². The van der Waals surface area contributed by atoms with Crippen LogP contribution >= 0.6 is 0 Å². The van der Waals surface area contributed by atoms with E-state index in [-0.39, 0.29) is 0 Å². The van der Waals surface area contributed by atoms with Crippen LogP contribution in [0.25, 0.3) is 22.8 Å². The molecule has 94 valence electrons. The molecule has 0 radical (unpaired) electrons.